The first-order chi connectivity index (χ1) is 10.1. The minimum atomic E-state index is -3.36. The molecule has 0 bridgehead atoms. The maximum absolute atomic E-state index is 12.6. The lowest BCUT2D eigenvalue weighted by atomic mass is 10.1. The van der Waals surface area contributed by atoms with Crippen molar-refractivity contribution in [3.05, 3.63) is 47.2 Å². The second-order valence-electron chi connectivity index (χ2n) is 5.64. The fourth-order valence-corrected chi connectivity index (χ4v) is 4.14. The number of nitrogens with one attached hydrogen (secondary N) is 1. The highest BCUT2D eigenvalue weighted by atomic mass is 31.2. The van der Waals surface area contributed by atoms with Crippen LogP contribution >= 0.6 is 7.37 Å². The number of pyridine rings is 1. The lowest BCUT2D eigenvalue weighted by molar-refractivity contribution is 0.488. The van der Waals surface area contributed by atoms with Gasteiger partial charge in [-0.05, 0) is 30.9 Å². The van der Waals surface area contributed by atoms with E-state index < -0.39 is 7.37 Å². The molecular weight excluding hydrogens is 283 g/mol. The molecule has 21 heavy (non-hydrogen) atoms. The van der Waals surface area contributed by atoms with E-state index in [9.17, 15) is 9.46 Å². The van der Waals surface area contributed by atoms with Crippen LogP contribution in [0.25, 0.3) is 0 Å². The Morgan fingerprint density at radius 2 is 2.24 bits per heavy atom. The highest BCUT2D eigenvalue weighted by molar-refractivity contribution is 7.65. The molecule has 1 aliphatic carbocycles. The lowest BCUT2D eigenvalue weighted by Crippen LogP contribution is -2.27. The minimum absolute atomic E-state index is 0.271. The van der Waals surface area contributed by atoms with Crippen LogP contribution in [0.15, 0.2) is 35.9 Å². The van der Waals surface area contributed by atoms with Gasteiger partial charge in [-0.2, -0.15) is 0 Å². The molecule has 1 aliphatic heterocycles. The van der Waals surface area contributed by atoms with Gasteiger partial charge in [-0.25, -0.2) is 4.98 Å². The van der Waals surface area contributed by atoms with Crippen molar-refractivity contribution in [2.24, 2.45) is 0 Å². The van der Waals surface area contributed by atoms with Crippen molar-refractivity contribution < 1.29 is 9.46 Å². The molecule has 1 atom stereocenters. The fraction of sp³-hybridized carbons (Fsp3) is 0.438. The van der Waals surface area contributed by atoms with E-state index in [4.69, 9.17) is 0 Å². The summed E-state index contributed by atoms with van der Waals surface area (Å²) >= 11 is 0. The average molecular weight is 304 g/mol. The van der Waals surface area contributed by atoms with Gasteiger partial charge in [-0.3, -0.25) is 4.57 Å². The maximum Gasteiger partial charge on any atom is 0.247 e. The number of hydrogen-bond donors (Lipinski definition) is 2. The Hall–Kier alpha value is -1.22. The molecule has 0 aromatic carbocycles. The average Bonchev–Trinajstić information content (AvgIpc) is 2.53. The van der Waals surface area contributed by atoms with Gasteiger partial charge in [0.2, 0.25) is 7.37 Å². The SMILES string of the molecule is O=P(O)(CCC1=CCCC=C1)c1ccc2c(n1)CCNC2. The van der Waals surface area contributed by atoms with Gasteiger partial charge in [-0.15, -0.1) is 0 Å². The standard InChI is InChI=1S/C16H21N2O2P/c19-21(20,11-9-13-4-2-1-3-5-13)16-7-6-14-12-17-10-8-15(14)18-16/h2,4-7,17H,1,3,8-12H2,(H,19,20). The number of rotatable bonds is 4. The highest BCUT2D eigenvalue weighted by Gasteiger charge is 2.24. The molecule has 0 radical (unpaired) electrons. The molecule has 3 rings (SSSR count). The summed E-state index contributed by atoms with van der Waals surface area (Å²) in [4.78, 5) is 14.8. The summed E-state index contributed by atoms with van der Waals surface area (Å²) in [5, 5.41) is 3.28. The quantitative estimate of drug-likeness (QED) is 0.838. The summed E-state index contributed by atoms with van der Waals surface area (Å²) < 4.78 is 12.6. The first-order valence-electron chi connectivity index (χ1n) is 7.53. The van der Waals surface area contributed by atoms with E-state index in [1.165, 1.54) is 0 Å². The summed E-state index contributed by atoms with van der Waals surface area (Å²) in [5.74, 6) is 0. The first-order valence-corrected chi connectivity index (χ1v) is 9.37. The lowest BCUT2D eigenvalue weighted by Gasteiger charge is -2.19. The molecule has 0 fully saturated rings. The molecule has 0 saturated carbocycles. The Labute approximate surface area is 125 Å². The molecular formula is C16H21N2O2P. The summed E-state index contributed by atoms with van der Waals surface area (Å²) in [6.45, 7) is 1.69. The third-order valence-electron chi connectivity index (χ3n) is 4.04. The third-order valence-corrected chi connectivity index (χ3v) is 5.84. The Kier molecular flexibility index (Phi) is 4.39. The number of fused-ring (bicyclic) bond motifs is 1. The number of nitrogens with zero attached hydrogens (tertiary/aromatic N) is 1. The van der Waals surface area contributed by atoms with Crippen molar-refractivity contribution in [3.8, 4) is 0 Å². The van der Waals surface area contributed by atoms with Crippen LogP contribution in [-0.2, 0) is 17.5 Å². The molecule has 4 nitrogen and oxygen atoms in total. The predicted octanol–water partition coefficient (Wildman–Crippen LogP) is 2.29. The zero-order chi connectivity index (χ0) is 14.7. The van der Waals surface area contributed by atoms with Gasteiger partial charge in [-0.1, -0.05) is 29.9 Å². The maximum atomic E-state index is 12.6. The van der Waals surface area contributed by atoms with Crippen LogP contribution < -0.4 is 10.8 Å². The van der Waals surface area contributed by atoms with E-state index in [-0.39, 0.29) is 6.16 Å². The summed E-state index contributed by atoms with van der Waals surface area (Å²) in [5.41, 5.74) is 3.64. The highest BCUT2D eigenvalue weighted by Crippen LogP contribution is 2.40. The van der Waals surface area contributed by atoms with E-state index in [1.54, 1.807) is 6.07 Å². The molecule has 2 heterocycles. The van der Waals surface area contributed by atoms with Crippen molar-refractivity contribution in [2.45, 2.75) is 32.2 Å². The van der Waals surface area contributed by atoms with E-state index in [2.05, 4.69) is 28.5 Å². The second-order valence-corrected chi connectivity index (χ2v) is 7.94. The van der Waals surface area contributed by atoms with Gasteiger partial charge in [0.25, 0.3) is 0 Å². The molecule has 112 valence electrons. The van der Waals surface area contributed by atoms with E-state index in [0.29, 0.717) is 11.9 Å². The van der Waals surface area contributed by atoms with Gasteiger partial charge in [0.1, 0.15) is 5.44 Å². The number of aromatic nitrogens is 1. The second kappa shape index (κ2) is 6.27. The number of hydrogen-bond acceptors (Lipinski definition) is 3. The monoisotopic (exact) mass is 304 g/mol. The molecule has 2 aliphatic rings. The van der Waals surface area contributed by atoms with Crippen LogP contribution in [0.4, 0.5) is 0 Å². The number of allylic oxidation sites excluding steroid dienone is 4. The zero-order valence-electron chi connectivity index (χ0n) is 12.1. The molecule has 1 aromatic heterocycles. The van der Waals surface area contributed by atoms with Crippen LogP contribution in [0.1, 0.15) is 30.5 Å². The normalized spacial score (nSPS) is 20.5. The third kappa shape index (κ3) is 3.52. The largest absolute Gasteiger partial charge is 0.340 e. The van der Waals surface area contributed by atoms with Crippen molar-refractivity contribution in [1.29, 1.82) is 0 Å². The smallest absolute Gasteiger partial charge is 0.247 e. The van der Waals surface area contributed by atoms with E-state index in [0.717, 1.165) is 49.2 Å². The summed E-state index contributed by atoms with van der Waals surface area (Å²) in [6.07, 6.45) is 10.2. The zero-order valence-corrected chi connectivity index (χ0v) is 13.0. The van der Waals surface area contributed by atoms with Crippen molar-refractivity contribution >= 4 is 12.8 Å². The van der Waals surface area contributed by atoms with E-state index >= 15 is 0 Å². The van der Waals surface area contributed by atoms with Crippen molar-refractivity contribution in [1.82, 2.24) is 10.3 Å². The van der Waals surface area contributed by atoms with Crippen LogP contribution in [0.5, 0.6) is 0 Å². The molecule has 0 spiro atoms. The van der Waals surface area contributed by atoms with Gasteiger partial charge in [0.05, 0.1) is 0 Å². The fourth-order valence-electron chi connectivity index (χ4n) is 2.77. The first kappa shape index (κ1) is 14.7. The Bertz CT molecular complexity index is 637. The molecule has 0 amide bonds. The van der Waals surface area contributed by atoms with Crippen LogP contribution in [0.2, 0.25) is 0 Å². The van der Waals surface area contributed by atoms with Gasteiger partial charge >= 0.3 is 0 Å². The Morgan fingerprint density at radius 1 is 1.33 bits per heavy atom. The minimum Gasteiger partial charge on any atom is -0.340 e. The van der Waals surface area contributed by atoms with Gasteiger partial charge < -0.3 is 10.2 Å². The van der Waals surface area contributed by atoms with Crippen LogP contribution in [-0.4, -0.2) is 22.6 Å². The Balaban J connectivity index is 1.73. The van der Waals surface area contributed by atoms with Crippen molar-refractivity contribution in [3.63, 3.8) is 0 Å². The molecule has 2 N–H and O–H groups in total. The van der Waals surface area contributed by atoms with Gasteiger partial charge in [0.15, 0.2) is 0 Å². The van der Waals surface area contributed by atoms with E-state index in [1.807, 2.05) is 6.07 Å². The molecule has 1 aromatic rings. The van der Waals surface area contributed by atoms with Gasteiger partial charge in [0, 0.05) is 31.4 Å². The molecule has 1 unspecified atom stereocenters. The molecule has 0 saturated heterocycles. The van der Waals surface area contributed by atoms with Crippen LogP contribution in [0.3, 0.4) is 0 Å². The van der Waals surface area contributed by atoms with Crippen LogP contribution in [0, 0.1) is 0 Å². The Morgan fingerprint density at radius 3 is 3.05 bits per heavy atom. The molecule has 5 heteroatoms. The van der Waals surface area contributed by atoms with Crippen molar-refractivity contribution in [2.75, 3.05) is 12.7 Å². The summed E-state index contributed by atoms with van der Waals surface area (Å²) in [7, 11) is -3.36. The summed E-state index contributed by atoms with van der Waals surface area (Å²) in [6, 6.07) is 3.66. The topological polar surface area (TPSA) is 62.2 Å². The predicted molar refractivity (Wildman–Crippen MR) is 85.0 cm³/mol.